The standard InChI is InChI=1S/C11H16BrNOS/c12-9-5-10(15-7-9)6-13-11(8-14)3-1-2-4-11/h5,7,13-14H,1-4,6,8H2. The molecule has 2 nitrogen and oxygen atoms in total. The highest BCUT2D eigenvalue weighted by Crippen LogP contribution is 2.30. The van der Waals surface area contributed by atoms with Gasteiger partial charge in [-0.2, -0.15) is 0 Å². The van der Waals surface area contributed by atoms with Crippen molar-refractivity contribution in [3.05, 3.63) is 20.8 Å². The SMILES string of the molecule is OCC1(NCc2cc(Br)cs2)CCCC1. The number of hydrogen-bond donors (Lipinski definition) is 2. The smallest absolute Gasteiger partial charge is 0.0613 e. The van der Waals surface area contributed by atoms with E-state index in [0.717, 1.165) is 23.9 Å². The first kappa shape index (κ1) is 11.6. The fourth-order valence-electron chi connectivity index (χ4n) is 2.16. The van der Waals surface area contributed by atoms with Crippen molar-refractivity contribution in [1.82, 2.24) is 5.32 Å². The number of rotatable bonds is 4. The van der Waals surface area contributed by atoms with Gasteiger partial charge < -0.3 is 10.4 Å². The Bertz CT molecular complexity index is 320. The predicted octanol–water partition coefficient (Wildman–Crippen LogP) is 2.91. The summed E-state index contributed by atoms with van der Waals surface area (Å²) < 4.78 is 1.15. The molecule has 1 saturated carbocycles. The third-order valence-electron chi connectivity index (χ3n) is 3.12. The highest BCUT2D eigenvalue weighted by atomic mass is 79.9. The van der Waals surface area contributed by atoms with Crippen molar-refractivity contribution in [2.75, 3.05) is 6.61 Å². The number of thiophene rings is 1. The molecule has 2 N–H and O–H groups in total. The lowest BCUT2D eigenvalue weighted by atomic mass is 9.99. The van der Waals surface area contributed by atoms with E-state index in [0.29, 0.717) is 0 Å². The van der Waals surface area contributed by atoms with Gasteiger partial charge in [0.05, 0.1) is 6.61 Å². The molecule has 0 unspecified atom stereocenters. The van der Waals surface area contributed by atoms with Crippen LogP contribution in [0, 0.1) is 0 Å². The van der Waals surface area contributed by atoms with Crippen molar-refractivity contribution in [3.8, 4) is 0 Å². The molecule has 2 rings (SSSR count). The average Bonchev–Trinajstić information content (AvgIpc) is 2.85. The largest absolute Gasteiger partial charge is 0.394 e. The second-order valence-electron chi connectivity index (χ2n) is 4.23. The molecular formula is C11H16BrNOS. The maximum atomic E-state index is 9.43. The second-order valence-corrected chi connectivity index (χ2v) is 6.14. The van der Waals surface area contributed by atoms with E-state index in [1.165, 1.54) is 17.7 Å². The monoisotopic (exact) mass is 289 g/mol. The zero-order chi connectivity index (χ0) is 10.7. The van der Waals surface area contributed by atoms with Gasteiger partial charge in [-0.1, -0.05) is 12.8 Å². The zero-order valence-corrected chi connectivity index (χ0v) is 11.0. The quantitative estimate of drug-likeness (QED) is 0.893. The molecule has 0 atom stereocenters. The van der Waals surface area contributed by atoms with Crippen LogP contribution < -0.4 is 5.32 Å². The Kier molecular flexibility index (Phi) is 3.83. The molecule has 0 amide bonds. The molecule has 0 aromatic carbocycles. The van der Waals surface area contributed by atoms with E-state index in [2.05, 4.69) is 32.7 Å². The number of hydrogen-bond acceptors (Lipinski definition) is 3. The van der Waals surface area contributed by atoms with Crippen LogP contribution in [0.3, 0.4) is 0 Å². The molecule has 1 aliphatic rings. The minimum Gasteiger partial charge on any atom is -0.394 e. The molecule has 15 heavy (non-hydrogen) atoms. The summed E-state index contributed by atoms with van der Waals surface area (Å²) in [6.45, 7) is 1.14. The van der Waals surface area contributed by atoms with Crippen molar-refractivity contribution in [1.29, 1.82) is 0 Å². The first-order valence-corrected chi connectivity index (χ1v) is 7.00. The molecule has 0 bridgehead atoms. The lowest BCUT2D eigenvalue weighted by Gasteiger charge is -2.27. The molecule has 0 aliphatic heterocycles. The van der Waals surface area contributed by atoms with Gasteiger partial charge in [-0.05, 0) is 34.8 Å². The molecule has 0 spiro atoms. The van der Waals surface area contributed by atoms with Gasteiger partial charge in [-0.25, -0.2) is 0 Å². The first-order chi connectivity index (χ1) is 7.24. The first-order valence-electron chi connectivity index (χ1n) is 5.33. The fraction of sp³-hybridized carbons (Fsp3) is 0.636. The van der Waals surface area contributed by atoms with Gasteiger partial charge in [0.1, 0.15) is 0 Å². The summed E-state index contributed by atoms with van der Waals surface area (Å²) in [7, 11) is 0. The number of nitrogens with one attached hydrogen (secondary N) is 1. The Morgan fingerprint density at radius 1 is 1.47 bits per heavy atom. The number of aliphatic hydroxyl groups is 1. The van der Waals surface area contributed by atoms with Gasteiger partial charge in [0.15, 0.2) is 0 Å². The number of aliphatic hydroxyl groups excluding tert-OH is 1. The summed E-state index contributed by atoms with van der Waals surface area (Å²) in [4.78, 5) is 1.32. The Hall–Kier alpha value is 0.1000. The van der Waals surface area contributed by atoms with Gasteiger partial charge in [-0.3, -0.25) is 0 Å². The highest BCUT2D eigenvalue weighted by Gasteiger charge is 2.32. The Labute approximate surface area is 103 Å². The summed E-state index contributed by atoms with van der Waals surface area (Å²) in [6, 6.07) is 2.14. The van der Waals surface area contributed by atoms with Crippen molar-refractivity contribution in [2.24, 2.45) is 0 Å². The van der Waals surface area contributed by atoms with Crippen LogP contribution >= 0.6 is 27.3 Å². The van der Waals surface area contributed by atoms with E-state index < -0.39 is 0 Å². The van der Waals surface area contributed by atoms with Crippen molar-refractivity contribution < 1.29 is 5.11 Å². The Morgan fingerprint density at radius 2 is 2.20 bits per heavy atom. The van der Waals surface area contributed by atoms with Crippen LogP contribution in [0.15, 0.2) is 15.9 Å². The summed E-state index contributed by atoms with van der Waals surface area (Å²) in [5, 5.41) is 15.0. The molecule has 0 radical (unpaired) electrons. The van der Waals surface area contributed by atoms with Crippen LogP contribution in [-0.4, -0.2) is 17.3 Å². The van der Waals surface area contributed by atoms with Gasteiger partial charge in [-0.15, -0.1) is 11.3 Å². The van der Waals surface area contributed by atoms with E-state index in [1.54, 1.807) is 11.3 Å². The lowest BCUT2D eigenvalue weighted by Crippen LogP contribution is -2.45. The second kappa shape index (κ2) is 4.95. The fourth-order valence-corrected chi connectivity index (χ4v) is 3.55. The van der Waals surface area contributed by atoms with Crippen LogP contribution in [-0.2, 0) is 6.54 Å². The Balaban J connectivity index is 1.91. The summed E-state index contributed by atoms with van der Waals surface area (Å²) >= 11 is 5.20. The van der Waals surface area contributed by atoms with Crippen LogP contribution in [0.4, 0.5) is 0 Å². The van der Waals surface area contributed by atoms with Crippen LogP contribution in [0.2, 0.25) is 0 Å². The summed E-state index contributed by atoms with van der Waals surface area (Å²) in [6.07, 6.45) is 4.69. The molecule has 1 aromatic rings. The molecule has 84 valence electrons. The normalized spacial score (nSPS) is 19.6. The van der Waals surface area contributed by atoms with Crippen molar-refractivity contribution in [2.45, 2.75) is 37.8 Å². The zero-order valence-electron chi connectivity index (χ0n) is 8.63. The molecule has 1 fully saturated rings. The molecule has 1 aliphatic carbocycles. The Morgan fingerprint density at radius 3 is 2.73 bits per heavy atom. The van der Waals surface area contributed by atoms with Gasteiger partial charge >= 0.3 is 0 Å². The van der Waals surface area contributed by atoms with Gasteiger partial charge in [0, 0.05) is 26.8 Å². The predicted molar refractivity (Wildman–Crippen MR) is 67.1 cm³/mol. The summed E-state index contributed by atoms with van der Waals surface area (Å²) in [5.41, 5.74) is -0.00351. The van der Waals surface area contributed by atoms with Crippen molar-refractivity contribution >= 4 is 27.3 Å². The van der Waals surface area contributed by atoms with Crippen LogP contribution in [0.1, 0.15) is 30.6 Å². The molecule has 1 aromatic heterocycles. The minimum absolute atomic E-state index is 0.00351. The van der Waals surface area contributed by atoms with Crippen LogP contribution in [0.5, 0.6) is 0 Å². The van der Waals surface area contributed by atoms with Crippen molar-refractivity contribution in [3.63, 3.8) is 0 Å². The lowest BCUT2D eigenvalue weighted by molar-refractivity contribution is 0.163. The maximum Gasteiger partial charge on any atom is 0.0613 e. The van der Waals surface area contributed by atoms with E-state index in [4.69, 9.17) is 0 Å². The third kappa shape index (κ3) is 2.81. The van der Waals surface area contributed by atoms with E-state index in [9.17, 15) is 5.11 Å². The van der Waals surface area contributed by atoms with Gasteiger partial charge in [0.2, 0.25) is 0 Å². The van der Waals surface area contributed by atoms with E-state index >= 15 is 0 Å². The number of halogens is 1. The average molecular weight is 290 g/mol. The minimum atomic E-state index is -0.00351. The summed E-state index contributed by atoms with van der Waals surface area (Å²) in [5.74, 6) is 0. The third-order valence-corrected chi connectivity index (χ3v) is 4.82. The topological polar surface area (TPSA) is 32.3 Å². The van der Waals surface area contributed by atoms with Gasteiger partial charge in [0.25, 0.3) is 0 Å². The molecule has 4 heteroatoms. The van der Waals surface area contributed by atoms with E-state index in [1.807, 2.05) is 0 Å². The molecule has 1 heterocycles. The maximum absolute atomic E-state index is 9.43. The van der Waals surface area contributed by atoms with Crippen LogP contribution in [0.25, 0.3) is 0 Å². The molecule has 0 saturated heterocycles. The van der Waals surface area contributed by atoms with E-state index in [-0.39, 0.29) is 12.1 Å². The molecular weight excluding hydrogens is 274 g/mol. The highest BCUT2D eigenvalue weighted by molar-refractivity contribution is 9.10.